The molecule has 1 aliphatic rings. The van der Waals surface area contributed by atoms with Crippen molar-refractivity contribution in [1.82, 2.24) is 0 Å². The number of carbonyl (C=O) groups is 2. The Morgan fingerprint density at radius 1 is 1.27 bits per heavy atom. The Morgan fingerprint density at radius 2 is 1.92 bits per heavy atom. The van der Waals surface area contributed by atoms with Gasteiger partial charge in [-0.3, -0.25) is 9.59 Å². The smallest absolute Gasteiger partial charge is 0.309 e. The zero-order valence-electron chi connectivity index (χ0n) is 15.3. The van der Waals surface area contributed by atoms with Gasteiger partial charge in [0.15, 0.2) is 0 Å². The summed E-state index contributed by atoms with van der Waals surface area (Å²) < 4.78 is 24.8. The largest absolute Gasteiger partial charge is 0.489 e. The van der Waals surface area contributed by atoms with Crippen molar-refractivity contribution in [3.63, 3.8) is 0 Å². The van der Waals surface area contributed by atoms with Gasteiger partial charge in [0.2, 0.25) is 5.91 Å². The molecule has 2 unspecified atom stereocenters. The zero-order valence-corrected chi connectivity index (χ0v) is 16.1. The maximum Gasteiger partial charge on any atom is 0.309 e. The van der Waals surface area contributed by atoms with E-state index in [9.17, 15) is 14.0 Å². The lowest BCUT2D eigenvalue weighted by atomic mass is 9.78. The zero-order chi connectivity index (χ0) is 19.3. The van der Waals surface area contributed by atoms with Crippen molar-refractivity contribution in [2.24, 2.45) is 11.8 Å². The maximum atomic E-state index is 14.2. The molecule has 1 aromatic rings. The monoisotopic (exact) mass is 385 g/mol. The minimum Gasteiger partial charge on any atom is -0.489 e. The van der Waals surface area contributed by atoms with E-state index in [1.54, 1.807) is 6.92 Å². The summed E-state index contributed by atoms with van der Waals surface area (Å²) >= 11 is 5.99. The number of anilines is 1. The molecule has 1 N–H and O–H groups in total. The second-order valence-electron chi connectivity index (χ2n) is 6.67. The number of hydrogen-bond acceptors (Lipinski definition) is 4. The van der Waals surface area contributed by atoms with Crippen LogP contribution in [0.5, 0.6) is 5.75 Å². The number of esters is 1. The molecule has 0 heterocycles. The van der Waals surface area contributed by atoms with Crippen LogP contribution >= 0.6 is 11.6 Å². The predicted octanol–water partition coefficient (Wildman–Crippen LogP) is 4.57. The molecule has 1 saturated carbocycles. The summed E-state index contributed by atoms with van der Waals surface area (Å²) in [6.45, 7) is 5.65. The fraction of sp³-hybridized carbons (Fsp3) is 0.579. The van der Waals surface area contributed by atoms with Gasteiger partial charge in [-0.15, -0.1) is 0 Å². The van der Waals surface area contributed by atoms with Gasteiger partial charge in [0.1, 0.15) is 11.6 Å². The third kappa shape index (κ3) is 5.10. The topological polar surface area (TPSA) is 64.6 Å². The van der Waals surface area contributed by atoms with Crippen LogP contribution in [-0.4, -0.2) is 24.6 Å². The summed E-state index contributed by atoms with van der Waals surface area (Å²) in [6.07, 6.45) is 2.74. The normalized spacial score (nSPS) is 19.9. The number of rotatable bonds is 6. The molecule has 2 rings (SSSR count). The summed E-state index contributed by atoms with van der Waals surface area (Å²) in [4.78, 5) is 24.8. The van der Waals surface area contributed by atoms with Gasteiger partial charge in [-0.05, 0) is 39.7 Å². The van der Waals surface area contributed by atoms with Crippen molar-refractivity contribution in [1.29, 1.82) is 0 Å². The van der Waals surface area contributed by atoms with Crippen LogP contribution < -0.4 is 10.1 Å². The van der Waals surface area contributed by atoms with Crippen LogP contribution in [0, 0.1) is 17.7 Å². The second kappa shape index (κ2) is 9.21. The molecule has 0 aliphatic heterocycles. The fourth-order valence-corrected chi connectivity index (χ4v) is 3.37. The molecular formula is C19H25ClFNO4. The number of benzene rings is 1. The Bertz CT molecular complexity index is 665. The maximum absolute atomic E-state index is 14.2. The first kappa shape index (κ1) is 20.5. The van der Waals surface area contributed by atoms with E-state index in [1.807, 2.05) is 13.8 Å². The average Bonchev–Trinajstić information content (AvgIpc) is 2.59. The van der Waals surface area contributed by atoms with Gasteiger partial charge in [-0.25, -0.2) is 4.39 Å². The molecule has 0 radical (unpaired) electrons. The highest BCUT2D eigenvalue weighted by atomic mass is 35.5. The summed E-state index contributed by atoms with van der Waals surface area (Å²) in [7, 11) is 0. The van der Waals surface area contributed by atoms with Gasteiger partial charge in [0.05, 0.1) is 35.3 Å². The molecule has 2 atom stereocenters. The Balaban J connectivity index is 2.18. The molecule has 1 aliphatic carbocycles. The minimum atomic E-state index is -0.650. The predicted molar refractivity (Wildman–Crippen MR) is 97.9 cm³/mol. The van der Waals surface area contributed by atoms with E-state index in [0.717, 1.165) is 18.9 Å². The van der Waals surface area contributed by atoms with Gasteiger partial charge in [0.25, 0.3) is 0 Å². The van der Waals surface area contributed by atoms with E-state index < -0.39 is 17.7 Å². The molecule has 26 heavy (non-hydrogen) atoms. The molecule has 1 amide bonds. The molecule has 0 saturated heterocycles. The number of hydrogen-bond donors (Lipinski definition) is 1. The molecule has 7 heteroatoms. The first-order chi connectivity index (χ1) is 12.3. The Hall–Kier alpha value is -1.82. The average molecular weight is 386 g/mol. The SMILES string of the molecule is CCOC(=O)C1CCCCC1C(=O)Nc1cc(OC(C)C)c(Cl)cc1F. The highest BCUT2D eigenvalue weighted by molar-refractivity contribution is 6.32. The highest BCUT2D eigenvalue weighted by Crippen LogP contribution is 2.34. The van der Waals surface area contributed by atoms with Crippen LogP contribution in [0.25, 0.3) is 0 Å². The number of nitrogens with one attached hydrogen (secondary N) is 1. The van der Waals surface area contributed by atoms with Gasteiger partial charge in [0, 0.05) is 6.07 Å². The van der Waals surface area contributed by atoms with E-state index in [0.29, 0.717) is 18.6 Å². The van der Waals surface area contributed by atoms with Crippen LogP contribution in [0.1, 0.15) is 46.5 Å². The summed E-state index contributed by atoms with van der Waals surface area (Å²) in [5.74, 6) is -2.14. The second-order valence-corrected chi connectivity index (χ2v) is 7.08. The minimum absolute atomic E-state index is 0.0109. The standard InChI is InChI=1S/C19H25ClFNO4/c1-4-25-19(24)13-8-6-5-7-12(13)18(23)22-16-10-17(26-11(2)3)14(20)9-15(16)21/h9-13H,4-8H2,1-3H3,(H,22,23). The molecule has 0 spiro atoms. The molecule has 1 fully saturated rings. The Morgan fingerprint density at radius 3 is 2.54 bits per heavy atom. The van der Waals surface area contributed by atoms with Crippen LogP contribution in [0.4, 0.5) is 10.1 Å². The third-order valence-corrected chi connectivity index (χ3v) is 4.63. The first-order valence-electron chi connectivity index (χ1n) is 8.96. The van der Waals surface area contributed by atoms with E-state index in [1.165, 1.54) is 6.07 Å². The fourth-order valence-electron chi connectivity index (χ4n) is 3.17. The molecule has 0 bridgehead atoms. The Kier molecular flexibility index (Phi) is 7.26. The molecule has 5 nitrogen and oxygen atoms in total. The van der Waals surface area contributed by atoms with Gasteiger partial charge >= 0.3 is 5.97 Å². The van der Waals surface area contributed by atoms with Crippen molar-refractivity contribution >= 4 is 29.2 Å². The molecule has 0 aromatic heterocycles. The van der Waals surface area contributed by atoms with Gasteiger partial charge in [-0.1, -0.05) is 24.4 Å². The quantitative estimate of drug-likeness (QED) is 0.728. The van der Waals surface area contributed by atoms with Crippen LogP contribution in [0.15, 0.2) is 12.1 Å². The number of carbonyl (C=O) groups excluding carboxylic acids is 2. The molecular weight excluding hydrogens is 361 g/mol. The summed E-state index contributed by atoms with van der Waals surface area (Å²) in [6, 6.07) is 2.48. The van der Waals surface area contributed by atoms with E-state index in [-0.39, 0.29) is 35.3 Å². The highest BCUT2D eigenvalue weighted by Gasteiger charge is 2.37. The first-order valence-corrected chi connectivity index (χ1v) is 9.34. The van der Waals surface area contributed by atoms with Gasteiger partial charge in [-0.2, -0.15) is 0 Å². The van der Waals surface area contributed by atoms with Crippen LogP contribution in [0.3, 0.4) is 0 Å². The molecule has 1 aromatic carbocycles. The Labute approximate surface area is 158 Å². The lowest BCUT2D eigenvalue weighted by Gasteiger charge is -2.29. The lowest BCUT2D eigenvalue weighted by Crippen LogP contribution is -2.37. The number of halogens is 2. The lowest BCUT2D eigenvalue weighted by molar-refractivity contribution is -0.153. The summed E-state index contributed by atoms with van der Waals surface area (Å²) in [5, 5.41) is 2.72. The van der Waals surface area contributed by atoms with Crippen LogP contribution in [0.2, 0.25) is 5.02 Å². The van der Waals surface area contributed by atoms with Crippen LogP contribution in [-0.2, 0) is 14.3 Å². The van der Waals surface area contributed by atoms with E-state index in [2.05, 4.69) is 5.32 Å². The van der Waals surface area contributed by atoms with E-state index >= 15 is 0 Å². The van der Waals surface area contributed by atoms with Crippen molar-refractivity contribution in [2.45, 2.75) is 52.6 Å². The summed E-state index contributed by atoms with van der Waals surface area (Å²) in [5.41, 5.74) is -0.0109. The number of amides is 1. The third-order valence-electron chi connectivity index (χ3n) is 4.33. The van der Waals surface area contributed by atoms with Crippen molar-refractivity contribution in [2.75, 3.05) is 11.9 Å². The van der Waals surface area contributed by atoms with E-state index in [4.69, 9.17) is 21.1 Å². The van der Waals surface area contributed by atoms with Crippen molar-refractivity contribution in [3.05, 3.63) is 23.0 Å². The molecule has 144 valence electrons. The van der Waals surface area contributed by atoms with Crippen molar-refractivity contribution < 1.29 is 23.5 Å². The van der Waals surface area contributed by atoms with Crippen molar-refractivity contribution in [3.8, 4) is 5.75 Å². The number of ether oxygens (including phenoxy) is 2. The van der Waals surface area contributed by atoms with Gasteiger partial charge < -0.3 is 14.8 Å².